The predicted molar refractivity (Wildman–Crippen MR) is 92.4 cm³/mol. The van der Waals surface area contributed by atoms with Gasteiger partial charge >= 0.3 is 0 Å². The Labute approximate surface area is 152 Å². The van der Waals surface area contributed by atoms with E-state index in [1.54, 1.807) is 7.11 Å². The molecule has 1 aromatic rings. The summed E-state index contributed by atoms with van der Waals surface area (Å²) >= 11 is 0. The van der Waals surface area contributed by atoms with E-state index in [-0.39, 0.29) is 24.8 Å². The maximum absolute atomic E-state index is 13.9. The van der Waals surface area contributed by atoms with Gasteiger partial charge in [-0.15, -0.1) is 0 Å². The Kier molecular flexibility index (Phi) is 5.89. The largest absolute Gasteiger partial charge is 0.381 e. The SMILES string of the molecule is COC1CCN(CC2(O)CCCN(Cc3cccc(F)c3F)C2=O)CC1. The molecule has 0 bridgehead atoms. The minimum absolute atomic E-state index is 0.0313. The van der Waals surface area contributed by atoms with Crippen LogP contribution in [0.3, 0.4) is 0 Å². The molecule has 0 saturated carbocycles. The van der Waals surface area contributed by atoms with Crippen molar-refractivity contribution >= 4 is 5.91 Å². The molecular formula is C19H26F2N2O3. The molecule has 7 heteroatoms. The van der Waals surface area contributed by atoms with Gasteiger partial charge in [-0.1, -0.05) is 12.1 Å². The van der Waals surface area contributed by atoms with Gasteiger partial charge in [-0.25, -0.2) is 8.78 Å². The van der Waals surface area contributed by atoms with Crippen LogP contribution in [0.1, 0.15) is 31.2 Å². The Hall–Kier alpha value is -1.57. The van der Waals surface area contributed by atoms with Crippen molar-refractivity contribution in [1.29, 1.82) is 0 Å². The van der Waals surface area contributed by atoms with Gasteiger partial charge in [-0.3, -0.25) is 9.69 Å². The second-order valence-corrected chi connectivity index (χ2v) is 7.29. The van der Waals surface area contributed by atoms with E-state index in [1.165, 1.54) is 17.0 Å². The Morgan fingerprint density at radius 2 is 2.00 bits per heavy atom. The van der Waals surface area contributed by atoms with E-state index in [4.69, 9.17) is 4.74 Å². The van der Waals surface area contributed by atoms with Crippen LogP contribution in [0.4, 0.5) is 8.78 Å². The number of benzene rings is 1. The van der Waals surface area contributed by atoms with Gasteiger partial charge in [0, 0.05) is 45.4 Å². The van der Waals surface area contributed by atoms with Crippen molar-refractivity contribution in [3.8, 4) is 0 Å². The number of halogens is 2. The molecule has 2 saturated heterocycles. The van der Waals surface area contributed by atoms with Crippen molar-refractivity contribution in [2.45, 2.75) is 43.9 Å². The maximum atomic E-state index is 13.9. The van der Waals surface area contributed by atoms with E-state index in [0.29, 0.717) is 19.4 Å². The number of rotatable bonds is 5. The summed E-state index contributed by atoms with van der Waals surface area (Å²) in [6.07, 6.45) is 3.00. The molecule has 1 N–H and O–H groups in total. The third-order valence-corrected chi connectivity index (χ3v) is 5.45. The van der Waals surface area contributed by atoms with Crippen molar-refractivity contribution in [2.24, 2.45) is 0 Å². The number of carbonyl (C=O) groups is 1. The number of nitrogens with zero attached hydrogens (tertiary/aromatic N) is 2. The molecule has 0 aromatic heterocycles. The number of methoxy groups -OCH3 is 1. The van der Waals surface area contributed by atoms with Gasteiger partial charge in [0.2, 0.25) is 0 Å². The summed E-state index contributed by atoms with van der Waals surface area (Å²) in [6.45, 7) is 2.21. The summed E-state index contributed by atoms with van der Waals surface area (Å²) in [5, 5.41) is 11.0. The minimum Gasteiger partial charge on any atom is -0.381 e. The summed E-state index contributed by atoms with van der Waals surface area (Å²) < 4.78 is 32.7. The highest BCUT2D eigenvalue weighted by Crippen LogP contribution is 2.27. The zero-order chi connectivity index (χ0) is 18.7. The summed E-state index contributed by atoms with van der Waals surface area (Å²) in [7, 11) is 1.70. The average molecular weight is 368 g/mol. The molecule has 2 aliphatic rings. The van der Waals surface area contributed by atoms with Gasteiger partial charge in [0.05, 0.1) is 6.10 Å². The molecule has 144 valence electrons. The monoisotopic (exact) mass is 368 g/mol. The van der Waals surface area contributed by atoms with Crippen LogP contribution in [0.25, 0.3) is 0 Å². The van der Waals surface area contributed by atoms with Gasteiger partial charge in [-0.05, 0) is 31.7 Å². The van der Waals surface area contributed by atoms with Crippen molar-refractivity contribution in [1.82, 2.24) is 9.80 Å². The molecule has 2 fully saturated rings. The number of amides is 1. The molecule has 1 amide bonds. The van der Waals surface area contributed by atoms with E-state index in [1.807, 2.05) is 0 Å². The van der Waals surface area contributed by atoms with Gasteiger partial charge in [0.25, 0.3) is 5.91 Å². The molecule has 0 radical (unpaired) electrons. The number of likely N-dealkylation sites (tertiary alicyclic amines) is 2. The smallest absolute Gasteiger partial charge is 0.256 e. The molecule has 1 unspecified atom stereocenters. The zero-order valence-electron chi connectivity index (χ0n) is 15.1. The molecule has 0 spiro atoms. The fraction of sp³-hybridized carbons (Fsp3) is 0.632. The first-order valence-electron chi connectivity index (χ1n) is 9.13. The molecule has 26 heavy (non-hydrogen) atoms. The Balaban J connectivity index is 1.65. The van der Waals surface area contributed by atoms with Crippen LogP contribution >= 0.6 is 0 Å². The number of β-amino-alcohol motifs (C(OH)–C–C–N with tert-alkyl or cyclic N) is 1. The standard InChI is InChI=1S/C19H26F2N2O3/c1-26-15-6-10-22(11-7-15)13-19(25)8-3-9-23(18(19)24)12-14-4-2-5-16(20)17(14)21/h2,4-5,15,25H,3,6-13H2,1H3. The topological polar surface area (TPSA) is 53.0 Å². The molecule has 0 aliphatic carbocycles. The van der Waals surface area contributed by atoms with Crippen molar-refractivity contribution in [3.05, 3.63) is 35.4 Å². The summed E-state index contributed by atoms with van der Waals surface area (Å²) in [5.74, 6) is -2.26. The number of ether oxygens (including phenoxy) is 1. The summed E-state index contributed by atoms with van der Waals surface area (Å²) in [6, 6.07) is 3.94. The highest BCUT2D eigenvalue weighted by atomic mass is 19.2. The Morgan fingerprint density at radius 1 is 1.27 bits per heavy atom. The molecule has 1 atom stereocenters. The van der Waals surface area contributed by atoms with Crippen LogP contribution in [0, 0.1) is 11.6 Å². The van der Waals surface area contributed by atoms with Crippen molar-refractivity contribution in [3.63, 3.8) is 0 Å². The molecule has 3 rings (SSSR count). The van der Waals surface area contributed by atoms with Crippen LogP contribution in [0.2, 0.25) is 0 Å². The molecule has 2 aliphatic heterocycles. The number of hydrogen-bond donors (Lipinski definition) is 1. The van der Waals surface area contributed by atoms with Crippen LogP contribution in [0.15, 0.2) is 18.2 Å². The lowest BCUT2D eigenvalue weighted by Gasteiger charge is -2.42. The Bertz CT molecular complexity index is 650. The van der Waals surface area contributed by atoms with Gasteiger partial charge in [0.15, 0.2) is 17.2 Å². The van der Waals surface area contributed by atoms with Crippen LogP contribution in [0.5, 0.6) is 0 Å². The lowest BCUT2D eigenvalue weighted by atomic mass is 9.90. The second kappa shape index (κ2) is 7.98. The molecule has 5 nitrogen and oxygen atoms in total. The lowest BCUT2D eigenvalue weighted by molar-refractivity contribution is -0.161. The number of piperidine rings is 2. The first-order chi connectivity index (χ1) is 12.4. The lowest BCUT2D eigenvalue weighted by Crippen LogP contribution is -2.59. The summed E-state index contributed by atoms with van der Waals surface area (Å²) in [4.78, 5) is 16.4. The van der Waals surface area contributed by atoms with E-state index in [2.05, 4.69) is 4.90 Å². The van der Waals surface area contributed by atoms with Crippen molar-refractivity contribution in [2.75, 3.05) is 33.3 Å². The van der Waals surface area contributed by atoms with E-state index < -0.39 is 23.1 Å². The zero-order valence-corrected chi connectivity index (χ0v) is 15.1. The van der Waals surface area contributed by atoms with E-state index in [0.717, 1.165) is 32.0 Å². The Morgan fingerprint density at radius 3 is 2.69 bits per heavy atom. The quantitative estimate of drug-likeness (QED) is 0.863. The normalized spacial score (nSPS) is 25.7. The molecular weight excluding hydrogens is 342 g/mol. The van der Waals surface area contributed by atoms with Crippen LogP contribution < -0.4 is 0 Å². The predicted octanol–water partition coefficient (Wildman–Crippen LogP) is 1.93. The number of hydrogen-bond acceptors (Lipinski definition) is 4. The molecule has 1 aromatic carbocycles. The number of aliphatic hydroxyl groups is 1. The van der Waals surface area contributed by atoms with Crippen LogP contribution in [-0.4, -0.2) is 65.8 Å². The highest BCUT2D eigenvalue weighted by Gasteiger charge is 2.43. The summed E-state index contributed by atoms with van der Waals surface area (Å²) in [5.41, 5.74) is -1.34. The second-order valence-electron chi connectivity index (χ2n) is 7.29. The van der Waals surface area contributed by atoms with Gasteiger partial charge < -0.3 is 14.7 Å². The number of carbonyl (C=O) groups excluding carboxylic acids is 1. The first-order valence-corrected chi connectivity index (χ1v) is 9.13. The van der Waals surface area contributed by atoms with E-state index >= 15 is 0 Å². The van der Waals surface area contributed by atoms with Crippen molar-refractivity contribution < 1.29 is 23.4 Å². The van der Waals surface area contributed by atoms with Gasteiger partial charge in [0.1, 0.15) is 0 Å². The highest BCUT2D eigenvalue weighted by molar-refractivity contribution is 5.86. The van der Waals surface area contributed by atoms with Gasteiger partial charge in [-0.2, -0.15) is 0 Å². The first kappa shape index (κ1) is 19.2. The average Bonchev–Trinajstić information content (AvgIpc) is 2.63. The molecule has 2 heterocycles. The fourth-order valence-electron chi connectivity index (χ4n) is 3.91. The minimum atomic E-state index is -1.47. The maximum Gasteiger partial charge on any atom is 0.256 e. The van der Waals surface area contributed by atoms with E-state index in [9.17, 15) is 18.7 Å². The fourth-order valence-corrected chi connectivity index (χ4v) is 3.91. The van der Waals surface area contributed by atoms with Crippen LogP contribution in [-0.2, 0) is 16.1 Å². The third kappa shape index (κ3) is 4.05. The third-order valence-electron chi connectivity index (χ3n) is 5.45.